The average molecular weight is 227 g/mol. The summed E-state index contributed by atoms with van der Waals surface area (Å²) in [6, 6.07) is 8.58. The van der Waals surface area contributed by atoms with Crippen LogP contribution in [0, 0.1) is 12.8 Å². The van der Waals surface area contributed by atoms with Crippen LogP contribution in [0.25, 0.3) is 0 Å². The first-order chi connectivity index (χ1) is 8.31. The minimum atomic E-state index is 0.651. The molecule has 1 aliphatic heterocycles. The molecule has 0 saturated carbocycles. The molecule has 0 aliphatic carbocycles. The number of hydrogen-bond acceptors (Lipinski definition) is 2. The van der Waals surface area contributed by atoms with Gasteiger partial charge in [-0.1, -0.05) is 18.2 Å². The number of imidazole rings is 1. The van der Waals surface area contributed by atoms with Gasteiger partial charge in [0, 0.05) is 25.0 Å². The molecule has 0 saturated heterocycles. The van der Waals surface area contributed by atoms with Gasteiger partial charge in [0.1, 0.15) is 0 Å². The van der Waals surface area contributed by atoms with Gasteiger partial charge in [-0.05, 0) is 30.9 Å². The van der Waals surface area contributed by atoms with Crippen LogP contribution in [0.5, 0.6) is 0 Å². The highest BCUT2D eigenvalue weighted by molar-refractivity contribution is 5.53. The van der Waals surface area contributed by atoms with E-state index >= 15 is 0 Å². The quantitative estimate of drug-likeness (QED) is 0.854. The van der Waals surface area contributed by atoms with E-state index in [9.17, 15) is 0 Å². The van der Waals surface area contributed by atoms with Crippen LogP contribution in [0.4, 0.5) is 5.69 Å². The summed E-state index contributed by atoms with van der Waals surface area (Å²) in [4.78, 5) is 4.27. The molecule has 0 bridgehead atoms. The number of para-hydroxylation sites is 1. The molecule has 1 aliphatic rings. The SMILES string of the molecule is Cc1cn(CC2CNc3ccccc3C2)cn1. The number of aryl methyl sites for hydroxylation is 1. The summed E-state index contributed by atoms with van der Waals surface area (Å²) in [6.45, 7) is 4.13. The summed E-state index contributed by atoms with van der Waals surface area (Å²) in [6.07, 6.45) is 5.19. The zero-order chi connectivity index (χ0) is 11.7. The van der Waals surface area contributed by atoms with Crippen molar-refractivity contribution in [2.75, 3.05) is 11.9 Å². The molecule has 2 aromatic rings. The summed E-state index contributed by atoms with van der Waals surface area (Å²) in [5.74, 6) is 0.651. The highest BCUT2D eigenvalue weighted by Crippen LogP contribution is 2.24. The van der Waals surface area contributed by atoms with E-state index in [1.54, 1.807) is 0 Å². The lowest BCUT2D eigenvalue weighted by Gasteiger charge is -2.26. The van der Waals surface area contributed by atoms with Crippen LogP contribution in [0.3, 0.4) is 0 Å². The first-order valence-corrected chi connectivity index (χ1v) is 6.11. The Bertz CT molecular complexity index is 516. The third kappa shape index (κ3) is 2.18. The third-order valence-corrected chi connectivity index (χ3v) is 3.34. The number of rotatable bonds is 2. The van der Waals surface area contributed by atoms with Crippen molar-refractivity contribution in [3.8, 4) is 0 Å². The molecule has 0 radical (unpaired) electrons. The maximum Gasteiger partial charge on any atom is 0.0949 e. The van der Waals surface area contributed by atoms with Gasteiger partial charge in [0.25, 0.3) is 0 Å². The van der Waals surface area contributed by atoms with Gasteiger partial charge >= 0.3 is 0 Å². The first kappa shape index (κ1) is 10.4. The van der Waals surface area contributed by atoms with Crippen molar-refractivity contribution in [3.63, 3.8) is 0 Å². The zero-order valence-electron chi connectivity index (χ0n) is 10.1. The molecule has 17 heavy (non-hydrogen) atoms. The molecule has 2 heterocycles. The minimum Gasteiger partial charge on any atom is -0.384 e. The monoisotopic (exact) mass is 227 g/mol. The number of nitrogens with one attached hydrogen (secondary N) is 1. The van der Waals surface area contributed by atoms with Gasteiger partial charge in [-0.2, -0.15) is 0 Å². The van der Waals surface area contributed by atoms with Crippen LogP contribution in [-0.2, 0) is 13.0 Å². The molecule has 0 spiro atoms. The van der Waals surface area contributed by atoms with Crippen molar-refractivity contribution in [2.45, 2.75) is 19.9 Å². The van der Waals surface area contributed by atoms with E-state index < -0.39 is 0 Å². The molecular formula is C14H17N3. The van der Waals surface area contributed by atoms with Gasteiger partial charge in [-0.25, -0.2) is 4.98 Å². The molecule has 1 N–H and O–H groups in total. The Balaban J connectivity index is 1.72. The Kier molecular flexibility index (Phi) is 2.59. The first-order valence-electron chi connectivity index (χ1n) is 6.11. The number of fused-ring (bicyclic) bond motifs is 1. The molecule has 88 valence electrons. The van der Waals surface area contributed by atoms with E-state index in [1.165, 1.54) is 11.3 Å². The fourth-order valence-electron chi connectivity index (χ4n) is 2.51. The Morgan fingerprint density at radius 2 is 2.29 bits per heavy atom. The second kappa shape index (κ2) is 4.24. The smallest absolute Gasteiger partial charge is 0.0949 e. The van der Waals surface area contributed by atoms with Crippen molar-refractivity contribution in [3.05, 3.63) is 48.0 Å². The lowest BCUT2D eigenvalue weighted by atomic mass is 9.94. The van der Waals surface area contributed by atoms with Crippen molar-refractivity contribution < 1.29 is 0 Å². The van der Waals surface area contributed by atoms with E-state index in [2.05, 4.69) is 45.3 Å². The molecular weight excluding hydrogens is 210 g/mol. The Morgan fingerprint density at radius 1 is 1.41 bits per heavy atom. The van der Waals surface area contributed by atoms with Gasteiger partial charge in [0.05, 0.1) is 12.0 Å². The number of aromatic nitrogens is 2. The van der Waals surface area contributed by atoms with Gasteiger partial charge in [-0.15, -0.1) is 0 Å². The maximum absolute atomic E-state index is 4.27. The fourth-order valence-corrected chi connectivity index (χ4v) is 2.51. The largest absolute Gasteiger partial charge is 0.384 e. The molecule has 3 rings (SSSR count). The predicted molar refractivity (Wildman–Crippen MR) is 69.1 cm³/mol. The predicted octanol–water partition coefficient (Wildman–Crippen LogP) is 2.48. The Hall–Kier alpha value is -1.77. The maximum atomic E-state index is 4.27. The van der Waals surface area contributed by atoms with Gasteiger partial charge in [-0.3, -0.25) is 0 Å². The average Bonchev–Trinajstić information content (AvgIpc) is 2.75. The molecule has 1 atom stereocenters. The standard InChI is InChI=1S/C14H17N3/c1-11-8-17(10-16-11)9-12-6-13-4-2-3-5-14(13)15-7-12/h2-5,8,10,12,15H,6-7,9H2,1H3. The number of benzene rings is 1. The van der Waals surface area contributed by atoms with Crippen molar-refractivity contribution in [1.29, 1.82) is 0 Å². The van der Waals surface area contributed by atoms with E-state index in [-0.39, 0.29) is 0 Å². The lowest BCUT2D eigenvalue weighted by Crippen LogP contribution is -2.26. The van der Waals surface area contributed by atoms with Gasteiger partial charge in [0.15, 0.2) is 0 Å². The Labute approximate surface area is 101 Å². The Morgan fingerprint density at radius 3 is 3.12 bits per heavy atom. The van der Waals surface area contributed by atoms with E-state index in [0.29, 0.717) is 5.92 Å². The molecule has 1 aromatic carbocycles. The molecule has 3 nitrogen and oxygen atoms in total. The topological polar surface area (TPSA) is 29.9 Å². The van der Waals surface area contributed by atoms with Crippen LogP contribution >= 0.6 is 0 Å². The van der Waals surface area contributed by atoms with Crippen LogP contribution in [0.1, 0.15) is 11.3 Å². The number of nitrogens with zero attached hydrogens (tertiary/aromatic N) is 2. The fraction of sp³-hybridized carbons (Fsp3) is 0.357. The third-order valence-electron chi connectivity index (χ3n) is 3.34. The normalized spacial score (nSPS) is 18.5. The summed E-state index contributed by atoms with van der Waals surface area (Å²) < 4.78 is 2.19. The molecule has 1 aromatic heterocycles. The molecule has 3 heteroatoms. The molecule has 1 unspecified atom stereocenters. The highest BCUT2D eigenvalue weighted by atomic mass is 15.0. The summed E-state index contributed by atoms with van der Waals surface area (Å²) >= 11 is 0. The van der Waals surface area contributed by atoms with Gasteiger partial charge < -0.3 is 9.88 Å². The van der Waals surface area contributed by atoms with Crippen LogP contribution < -0.4 is 5.32 Å². The second-order valence-corrected chi connectivity index (χ2v) is 4.82. The van der Waals surface area contributed by atoms with Crippen molar-refractivity contribution in [1.82, 2.24) is 9.55 Å². The summed E-state index contributed by atoms with van der Waals surface area (Å²) in [5, 5.41) is 3.51. The van der Waals surface area contributed by atoms with Crippen LogP contribution in [0.2, 0.25) is 0 Å². The van der Waals surface area contributed by atoms with Crippen molar-refractivity contribution in [2.24, 2.45) is 5.92 Å². The highest BCUT2D eigenvalue weighted by Gasteiger charge is 2.17. The summed E-state index contributed by atoms with van der Waals surface area (Å²) in [7, 11) is 0. The summed E-state index contributed by atoms with van der Waals surface area (Å²) in [5.41, 5.74) is 3.82. The second-order valence-electron chi connectivity index (χ2n) is 4.82. The van der Waals surface area contributed by atoms with Crippen molar-refractivity contribution >= 4 is 5.69 Å². The number of anilines is 1. The molecule has 0 amide bonds. The van der Waals surface area contributed by atoms with E-state index in [4.69, 9.17) is 0 Å². The zero-order valence-corrected chi connectivity index (χ0v) is 10.1. The number of hydrogen-bond donors (Lipinski definition) is 1. The van der Waals surface area contributed by atoms with Crippen LogP contribution in [0.15, 0.2) is 36.8 Å². The van der Waals surface area contributed by atoms with E-state index in [0.717, 1.165) is 25.2 Å². The lowest BCUT2D eigenvalue weighted by molar-refractivity contribution is 0.452. The molecule has 0 fully saturated rings. The van der Waals surface area contributed by atoms with E-state index in [1.807, 2.05) is 13.3 Å². The van der Waals surface area contributed by atoms with Gasteiger partial charge in [0.2, 0.25) is 0 Å². The van der Waals surface area contributed by atoms with Crippen LogP contribution in [-0.4, -0.2) is 16.1 Å². The minimum absolute atomic E-state index is 0.651.